The third-order valence-electron chi connectivity index (χ3n) is 3.32. The highest BCUT2D eigenvalue weighted by molar-refractivity contribution is 9.10. The van der Waals surface area contributed by atoms with Crippen LogP contribution in [-0.2, 0) is 4.74 Å². The van der Waals surface area contributed by atoms with Crippen molar-refractivity contribution >= 4 is 21.7 Å². The van der Waals surface area contributed by atoms with Gasteiger partial charge in [-0.1, -0.05) is 40.2 Å². The van der Waals surface area contributed by atoms with E-state index in [2.05, 4.69) is 15.9 Å². The first-order valence-corrected chi connectivity index (χ1v) is 7.07. The van der Waals surface area contributed by atoms with Crippen LogP contribution in [0.2, 0.25) is 0 Å². The zero-order chi connectivity index (χ0) is 14.1. The number of methoxy groups -OCH3 is 1. The monoisotopic (exact) mass is 332 g/mol. The molecule has 2 aromatic carbocycles. The van der Waals surface area contributed by atoms with Crippen molar-refractivity contribution < 1.29 is 14.3 Å². The number of hydrogen-bond donors (Lipinski definition) is 0. The summed E-state index contributed by atoms with van der Waals surface area (Å²) in [5.41, 5.74) is 1.68. The van der Waals surface area contributed by atoms with Crippen LogP contribution >= 0.6 is 15.9 Å². The predicted molar refractivity (Wildman–Crippen MR) is 79.1 cm³/mol. The van der Waals surface area contributed by atoms with Gasteiger partial charge in [-0.3, -0.25) is 4.79 Å². The molecule has 0 spiro atoms. The Morgan fingerprint density at radius 2 is 1.75 bits per heavy atom. The minimum Gasteiger partial charge on any atom is -0.497 e. The average Bonchev–Trinajstić information content (AvgIpc) is 3.28. The molecule has 1 aliphatic heterocycles. The molecule has 3 nitrogen and oxygen atoms in total. The van der Waals surface area contributed by atoms with Crippen LogP contribution in [0.15, 0.2) is 53.0 Å². The van der Waals surface area contributed by atoms with Crippen LogP contribution in [0.4, 0.5) is 0 Å². The summed E-state index contributed by atoms with van der Waals surface area (Å²) in [7, 11) is 1.63. The van der Waals surface area contributed by atoms with Crippen molar-refractivity contribution in [3.8, 4) is 5.75 Å². The zero-order valence-electron chi connectivity index (χ0n) is 10.9. The second-order valence-electron chi connectivity index (χ2n) is 4.62. The molecular weight excluding hydrogens is 320 g/mol. The van der Waals surface area contributed by atoms with Gasteiger partial charge in [0.2, 0.25) is 0 Å². The summed E-state index contributed by atoms with van der Waals surface area (Å²) in [5.74, 6) is 0.823. The van der Waals surface area contributed by atoms with E-state index < -0.39 is 0 Å². The summed E-state index contributed by atoms with van der Waals surface area (Å²) in [6.45, 7) is 0. The van der Waals surface area contributed by atoms with Crippen molar-refractivity contribution in [1.82, 2.24) is 0 Å². The quantitative estimate of drug-likeness (QED) is 0.631. The molecule has 2 atom stereocenters. The van der Waals surface area contributed by atoms with Crippen LogP contribution in [0.1, 0.15) is 22.0 Å². The van der Waals surface area contributed by atoms with E-state index in [-0.39, 0.29) is 18.0 Å². The van der Waals surface area contributed by atoms with Crippen molar-refractivity contribution in [3.05, 3.63) is 64.1 Å². The maximum atomic E-state index is 12.3. The van der Waals surface area contributed by atoms with Gasteiger partial charge in [0, 0.05) is 10.0 Å². The SMILES string of the molecule is COc1ccc([C@H]2O[C@@H]2C(=O)c2ccc(Br)cc2)cc1. The predicted octanol–water partition coefficient (Wildman–Crippen LogP) is 3.78. The molecule has 0 saturated carbocycles. The lowest BCUT2D eigenvalue weighted by Crippen LogP contribution is -2.07. The fourth-order valence-electron chi connectivity index (χ4n) is 2.14. The minimum atomic E-state index is -0.371. The number of ketones is 1. The number of benzene rings is 2. The highest BCUT2D eigenvalue weighted by Gasteiger charge is 2.46. The molecule has 3 rings (SSSR count). The molecule has 20 heavy (non-hydrogen) atoms. The van der Waals surface area contributed by atoms with E-state index in [9.17, 15) is 4.79 Å². The van der Waals surface area contributed by atoms with E-state index >= 15 is 0 Å². The zero-order valence-corrected chi connectivity index (χ0v) is 12.5. The molecule has 2 aromatic rings. The normalized spacial score (nSPS) is 20.5. The van der Waals surface area contributed by atoms with Gasteiger partial charge in [-0.2, -0.15) is 0 Å². The Hall–Kier alpha value is -1.65. The molecule has 1 fully saturated rings. The van der Waals surface area contributed by atoms with Crippen LogP contribution in [0.5, 0.6) is 5.75 Å². The van der Waals surface area contributed by atoms with Gasteiger partial charge in [-0.15, -0.1) is 0 Å². The lowest BCUT2D eigenvalue weighted by Gasteiger charge is -2.01. The number of halogens is 1. The topological polar surface area (TPSA) is 38.8 Å². The van der Waals surface area contributed by atoms with Crippen molar-refractivity contribution in [1.29, 1.82) is 0 Å². The largest absolute Gasteiger partial charge is 0.497 e. The Kier molecular flexibility index (Phi) is 3.59. The lowest BCUT2D eigenvalue weighted by molar-refractivity contribution is 0.0953. The first kappa shape index (κ1) is 13.3. The first-order chi connectivity index (χ1) is 9.69. The molecule has 1 aliphatic rings. The third kappa shape index (κ3) is 2.62. The molecule has 102 valence electrons. The van der Waals surface area contributed by atoms with Gasteiger partial charge in [0.25, 0.3) is 0 Å². The second-order valence-corrected chi connectivity index (χ2v) is 5.54. The van der Waals surface area contributed by atoms with Crippen molar-refractivity contribution in [2.75, 3.05) is 7.11 Å². The smallest absolute Gasteiger partial charge is 0.194 e. The van der Waals surface area contributed by atoms with E-state index in [1.807, 2.05) is 36.4 Å². The number of Topliss-reactive ketones (excluding diaryl/α,β-unsaturated/α-hetero) is 1. The van der Waals surface area contributed by atoms with Gasteiger partial charge in [0.1, 0.15) is 11.9 Å². The van der Waals surface area contributed by atoms with E-state index in [0.717, 1.165) is 15.8 Å². The van der Waals surface area contributed by atoms with Crippen molar-refractivity contribution in [3.63, 3.8) is 0 Å². The maximum Gasteiger partial charge on any atom is 0.194 e. The van der Waals surface area contributed by atoms with Gasteiger partial charge in [-0.25, -0.2) is 0 Å². The molecule has 0 N–H and O–H groups in total. The molecule has 0 aromatic heterocycles. The van der Waals surface area contributed by atoms with Crippen LogP contribution in [0, 0.1) is 0 Å². The summed E-state index contributed by atoms with van der Waals surface area (Å²) in [5, 5.41) is 0. The summed E-state index contributed by atoms with van der Waals surface area (Å²) in [6.07, 6.45) is -0.512. The van der Waals surface area contributed by atoms with Gasteiger partial charge in [0.05, 0.1) is 7.11 Å². The maximum absolute atomic E-state index is 12.3. The average molecular weight is 333 g/mol. The Labute approximate surface area is 125 Å². The Morgan fingerprint density at radius 3 is 2.35 bits per heavy atom. The fourth-order valence-corrected chi connectivity index (χ4v) is 2.40. The van der Waals surface area contributed by atoms with E-state index in [1.165, 1.54) is 0 Å². The Bertz CT molecular complexity index is 619. The molecular formula is C16H13BrO3. The van der Waals surface area contributed by atoms with Crippen LogP contribution in [-0.4, -0.2) is 19.0 Å². The van der Waals surface area contributed by atoms with E-state index in [0.29, 0.717) is 5.56 Å². The highest BCUT2D eigenvalue weighted by Crippen LogP contribution is 2.41. The summed E-state index contributed by atoms with van der Waals surface area (Å²) in [6, 6.07) is 14.9. The number of ether oxygens (including phenoxy) is 2. The van der Waals surface area contributed by atoms with E-state index in [4.69, 9.17) is 9.47 Å². The summed E-state index contributed by atoms with van der Waals surface area (Å²) >= 11 is 3.35. The van der Waals surface area contributed by atoms with Gasteiger partial charge in [-0.05, 0) is 29.8 Å². The number of epoxide rings is 1. The minimum absolute atomic E-state index is 0.0262. The van der Waals surface area contributed by atoms with Crippen molar-refractivity contribution in [2.24, 2.45) is 0 Å². The summed E-state index contributed by atoms with van der Waals surface area (Å²) in [4.78, 5) is 12.3. The molecule has 0 aliphatic carbocycles. The standard InChI is InChI=1S/C16H13BrO3/c1-19-13-8-4-11(5-9-13)15-16(20-15)14(18)10-2-6-12(17)7-3-10/h2-9,15-16H,1H3/t15-,16-/m1/s1. The molecule has 0 radical (unpaired) electrons. The Morgan fingerprint density at radius 1 is 1.10 bits per heavy atom. The van der Waals surface area contributed by atoms with Gasteiger partial charge < -0.3 is 9.47 Å². The molecule has 1 saturated heterocycles. The lowest BCUT2D eigenvalue weighted by atomic mass is 10.0. The van der Waals surface area contributed by atoms with Crippen LogP contribution in [0.3, 0.4) is 0 Å². The summed E-state index contributed by atoms with van der Waals surface area (Å²) < 4.78 is 11.6. The second kappa shape index (κ2) is 5.38. The van der Waals surface area contributed by atoms with Gasteiger partial charge >= 0.3 is 0 Å². The molecule has 4 heteroatoms. The fraction of sp³-hybridized carbons (Fsp3) is 0.188. The Balaban J connectivity index is 1.71. The molecule has 0 amide bonds. The number of carbonyl (C=O) groups is 1. The van der Waals surface area contributed by atoms with Crippen molar-refractivity contribution in [2.45, 2.75) is 12.2 Å². The third-order valence-corrected chi connectivity index (χ3v) is 3.85. The number of carbonyl (C=O) groups excluding carboxylic acids is 1. The van der Waals surface area contributed by atoms with Gasteiger partial charge in [0.15, 0.2) is 11.9 Å². The highest BCUT2D eigenvalue weighted by atomic mass is 79.9. The molecule has 0 unspecified atom stereocenters. The molecule has 0 bridgehead atoms. The van der Waals surface area contributed by atoms with Crippen LogP contribution < -0.4 is 4.74 Å². The molecule has 1 heterocycles. The number of hydrogen-bond acceptors (Lipinski definition) is 3. The van der Waals surface area contributed by atoms with Crippen LogP contribution in [0.25, 0.3) is 0 Å². The first-order valence-electron chi connectivity index (χ1n) is 6.28. The van der Waals surface area contributed by atoms with E-state index in [1.54, 1.807) is 19.2 Å². The number of rotatable bonds is 4.